The largest absolute Gasteiger partial charge is 0.483 e. The molecule has 0 spiro atoms. The third-order valence-electron chi connectivity index (χ3n) is 2.78. The van der Waals surface area contributed by atoms with Crippen molar-refractivity contribution in [1.82, 2.24) is 10.4 Å². The first-order chi connectivity index (χ1) is 10.1. The van der Waals surface area contributed by atoms with E-state index in [4.69, 9.17) is 4.74 Å². The Morgan fingerprint density at radius 1 is 1.38 bits per heavy atom. The van der Waals surface area contributed by atoms with E-state index in [9.17, 15) is 4.79 Å². The number of pyridine rings is 1. The molecule has 0 aliphatic carbocycles. The molecule has 5 heteroatoms. The molecule has 0 radical (unpaired) electrons. The van der Waals surface area contributed by atoms with E-state index in [1.807, 2.05) is 38.1 Å². The number of hydrogen-bond donors (Lipinski definition) is 1. The van der Waals surface area contributed by atoms with Gasteiger partial charge in [-0.3, -0.25) is 9.78 Å². The number of nitrogens with zero attached hydrogens (tertiary/aromatic N) is 2. The lowest BCUT2D eigenvalue weighted by Gasteiger charge is -2.08. The summed E-state index contributed by atoms with van der Waals surface area (Å²) in [7, 11) is 0. The van der Waals surface area contributed by atoms with Gasteiger partial charge in [-0.15, -0.1) is 0 Å². The van der Waals surface area contributed by atoms with Gasteiger partial charge < -0.3 is 4.74 Å². The van der Waals surface area contributed by atoms with Gasteiger partial charge in [0.25, 0.3) is 5.91 Å². The molecule has 0 unspecified atom stereocenters. The summed E-state index contributed by atoms with van der Waals surface area (Å²) in [5.41, 5.74) is 5.38. The minimum Gasteiger partial charge on any atom is -0.483 e. The van der Waals surface area contributed by atoms with Crippen molar-refractivity contribution in [3.63, 3.8) is 0 Å². The zero-order chi connectivity index (χ0) is 15.1. The third-order valence-corrected chi connectivity index (χ3v) is 2.78. The fourth-order valence-corrected chi connectivity index (χ4v) is 1.77. The van der Waals surface area contributed by atoms with Gasteiger partial charge in [-0.1, -0.05) is 23.8 Å². The van der Waals surface area contributed by atoms with Crippen LogP contribution in [0.1, 0.15) is 16.7 Å². The molecule has 2 aromatic rings. The lowest BCUT2D eigenvalue weighted by atomic mass is 10.1. The molecule has 21 heavy (non-hydrogen) atoms. The number of nitrogens with one attached hydrogen (secondary N) is 1. The van der Waals surface area contributed by atoms with Gasteiger partial charge >= 0.3 is 0 Å². The Hall–Kier alpha value is -2.69. The van der Waals surface area contributed by atoms with Crippen LogP contribution in [-0.2, 0) is 4.79 Å². The van der Waals surface area contributed by atoms with Crippen LogP contribution in [0.2, 0.25) is 0 Å². The molecule has 1 N–H and O–H groups in total. The Bertz CT molecular complexity index is 639. The summed E-state index contributed by atoms with van der Waals surface area (Å²) in [6, 6.07) is 9.45. The highest BCUT2D eigenvalue weighted by Crippen LogP contribution is 2.18. The summed E-state index contributed by atoms with van der Waals surface area (Å²) >= 11 is 0. The highest BCUT2D eigenvalue weighted by Gasteiger charge is 2.03. The first-order valence-electron chi connectivity index (χ1n) is 6.57. The first-order valence-corrected chi connectivity index (χ1v) is 6.57. The number of ether oxygens (including phenoxy) is 1. The van der Waals surface area contributed by atoms with Gasteiger partial charge in [0.2, 0.25) is 0 Å². The van der Waals surface area contributed by atoms with E-state index in [0.29, 0.717) is 5.75 Å². The molecule has 1 aromatic heterocycles. The number of amides is 1. The molecule has 0 saturated carbocycles. The van der Waals surface area contributed by atoms with Gasteiger partial charge in [0.05, 0.1) is 6.21 Å². The number of hydrazone groups is 1. The van der Waals surface area contributed by atoms with Crippen LogP contribution < -0.4 is 10.2 Å². The molecule has 0 saturated heterocycles. The Labute approximate surface area is 123 Å². The summed E-state index contributed by atoms with van der Waals surface area (Å²) in [5.74, 6) is 0.391. The molecule has 1 heterocycles. The van der Waals surface area contributed by atoms with Crippen LogP contribution in [0.4, 0.5) is 0 Å². The number of aromatic nitrogens is 1. The summed E-state index contributed by atoms with van der Waals surface area (Å²) in [5, 5.41) is 3.85. The predicted octanol–water partition coefficient (Wildman–Crippen LogP) is 2.23. The number of hydrogen-bond acceptors (Lipinski definition) is 4. The maximum atomic E-state index is 11.6. The fourth-order valence-electron chi connectivity index (χ4n) is 1.77. The maximum Gasteiger partial charge on any atom is 0.277 e. The van der Waals surface area contributed by atoms with Crippen molar-refractivity contribution in [2.75, 3.05) is 6.61 Å². The molecule has 0 aliphatic heterocycles. The number of benzene rings is 1. The van der Waals surface area contributed by atoms with Gasteiger partial charge in [-0.05, 0) is 31.5 Å². The Balaban J connectivity index is 1.81. The number of rotatable bonds is 5. The molecule has 0 atom stereocenters. The molecule has 108 valence electrons. The zero-order valence-corrected chi connectivity index (χ0v) is 12.0. The van der Waals surface area contributed by atoms with E-state index in [1.165, 1.54) is 6.21 Å². The van der Waals surface area contributed by atoms with Crippen molar-refractivity contribution in [2.45, 2.75) is 13.8 Å². The van der Waals surface area contributed by atoms with Gasteiger partial charge in [-0.25, -0.2) is 5.43 Å². The second-order valence-electron chi connectivity index (χ2n) is 4.64. The van der Waals surface area contributed by atoms with Crippen LogP contribution >= 0.6 is 0 Å². The molecule has 0 fully saturated rings. The van der Waals surface area contributed by atoms with Crippen molar-refractivity contribution in [2.24, 2.45) is 5.10 Å². The van der Waals surface area contributed by atoms with Gasteiger partial charge in [0.15, 0.2) is 6.61 Å². The van der Waals surface area contributed by atoms with E-state index in [0.717, 1.165) is 16.7 Å². The molecule has 2 rings (SSSR count). The van der Waals surface area contributed by atoms with Crippen LogP contribution in [-0.4, -0.2) is 23.7 Å². The van der Waals surface area contributed by atoms with Crippen LogP contribution in [0.3, 0.4) is 0 Å². The van der Waals surface area contributed by atoms with Crippen LogP contribution in [0.15, 0.2) is 47.8 Å². The molecule has 1 amide bonds. The molecule has 1 aromatic carbocycles. The quantitative estimate of drug-likeness (QED) is 0.676. The smallest absolute Gasteiger partial charge is 0.277 e. The van der Waals surface area contributed by atoms with Crippen LogP contribution in [0.25, 0.3) is 0 Å². The molecular weight excluding hydrogens is 266 g/mol. The average molecular weight is 283 g/mol. The minimum absolute atomic E-state index is 0.0751. The normalized spacial score (nSPS) is 10.6. The van der Waals surface area contributed by atoms with Gasteiger partial charge in [0.1, 0.15) is 5.75 Å². The molecule has 0 aliphatic rings. The Morgan fingerprint density at radius 2 is 2.24 bits per heavy atom. The predicted molar refractivity (Wildman–Crippen MR) is 81.4 cm³/mol. The number of aryl methyl sites for hydroxylation is 2. The summed E-state index contributed by atoms with van der Waals surface area (Å²) in [4.78, 5) is 15.6. The van der Waals surface area contributed by atoms with E-state index in [2.05, 4.69) is 15.5 Å². The van der Waals surface area contributed by atoms with E-state index in [-0.39, 0.29) is 12.5 Å². The fraction of sp³-hybridized carbons (Fsp3) is 0.188. The molecule has 5 nitrogen and oxygen atoms in total. The van der Waals surface area contributed by atoms with Crippen molar-refractivity contribution < 1.29 is 9.53 Å². The zero-order valence-electron chi connectivity index (χ0n) is 12.0. The second kappa shape index (κ2) is 7.19. The lowest BCUT2D eigenvalue weighted by molar-refractivity contribution is -0.123. The van der Waals surface area contributed by atoms with Crippen LogP contribution in [0.5, 0.6) is 5.75 Å². The van der Waals surface area contributed by atoms with E-state index >= 15 is 0 Å². The van der Waals surface area contributed by atoms with Gasteiger partial charge in [-0.2, -0.15) is 5.10 Å². The number of carbonyl (C=O) groups is 1. The van der Waals surface area contributed by atoms with Crippen LogP contribution in [0, 0.1) is 13.8 Å². The average Bonchev–Trinajstić information content (AvgIpc) is 2.47. The highest BCUT2D eigenvalue weighted by molar-refractivity contribution is 5.82. The number of carbonyl (C=O) groups excluding carboxylic acids is 1. The lowest BCUT2D eigenvalue weighted by Crippen LogP contribution is -2.24. The topological polar surface area (TPSA) is 63.6 Å². The Kier molecular flexibility index (Phi) is 5.04. The molecule has 0 bridgehead atoms. The SMILES string of the molecule is Cc1ccc(OCC(=O)NN=Cc2cccnc2)c(C)c1. The maximum absolute atomic E-state index is 11.6. The van der Waals surface area contributed by atoms with E-state index < -0.39 is 0 Å². The molecular formula is C16H17N3O2. The van der Waals surface area contributed by atoms with Crippen molar-refractivity contribution in [3.05, 3.63) is 59.4 Å². The van der Waals surface area contributed by atoms with Gasteiger partial charge in [0, 0.05) is 18.0 Å². The minimum atomic E-state index is -0.310. The third kappa shape index (κ3) is 4.72. The second-order valence-corrected chi connectivity index (χ2v) is 4.64. The van der Waals surface area contributed by atoms with Crippen molar-refractivity contribution in [3.8, 4) is 5.75 Å². The van der Waals surface area contributed by atoms with Crippen molar-refractivity contribution >= 4 is 12.1 Å². The summed E-state index contributed by atoms with van der Waals surface area (Å²) < 4.78 is 5.46. The first kappa shape index (κ1) is 14.7. The Morgan fingerprint density at radius 3 is 2.95 bits per heavy atom. The van der Waals surface area contributed by atoms with E-state index in [1.54, 1.807) is 18.5 Å². The highest BCUT2D eigenvalue weighted by atomic mass is 16.5. The summed E-state index contributed by atoms with van der Waals surface area (Å²) in [6.07, 6.45) is 4.86. The standard InChI is InChI=1S/C16H17N3O2/c1-12-5-6-15(13(2)8-12)21-11-16(20)19-18-10-14-4-3-7-17-9-14/h3-10H,11H2,1-2H3,(H,19,20). The van der Waals surface area contributed by atoms with Crippen molar-refractivity contribution in [1.29, 1.82) is 0 Å². The monoisotopic (exact) mass is 283 g/mol. The summed E-state index contributed by atoms with van der Waals surface area (Å²) in [6.45, 7) is 3.88.